The molecule has 1 aliphatic rings. The number of aliphatic hydroxyl groups is 1. The fourth-order valence-electron chi connectivity index (χ4n) is 2.33. The molecule has 1 fully saturated rings. The number of hydrogen-bond acceptors (Lipinski definition) is 3. The Bertz CT molecular complexity index is 433. The summed E-state index contributed by atoms with van der Waals surface area (Å²) in [5.41, 5.74) is 1.77. The highest BCUT2D eigenvalue weighted by Gasteiger charge is 2.24. The molecule has 0 bridgehead atoms. The molecular weight excluding hydrogens is 282 g/mol. The fourth-order valence-corrected chi connectivity index (χ4v) is 2.98. The lowest BCUT2D eigenvalue weighted by Gasteiger charge is -2.25. The first kappa shape index (κ1) is 12.6. The van der Waals surface area contributed by atoms with E-state index in [-0.39, 0.29) is 18.4 Å². The van der Waals surface area contributed by atoms with Gasteiger partial charge in [0, 0.05) is 22.3 Å². The summed E-state index contributed by atoms with van der Waals surface area (Å²) in [4.78, 5) is 13.5. The standard InChI is InChI=1S/C13H16BrNO2/c1-9(17)12-5-4-10(7-13(12)14)15-6-2-3-11(15)8-16/h4-5,7,11,16H,2-3,6,8H2,1H3. The Hall–Kier alpha value is -0.870. The zero-order valence-corrected chi connectivity index (χ0v) is 11.4. The van der Waals surface area contributed by atoms with Crippen LogP contribution >= 0.6 is 15.9 Å². The maximum absolute atomic E-state index is 11.3. The molecule has 1 aliphatic heterocycles. The maximum Gasteiger partial charge on any atom is 0.160 e. The highest BCUT2D eigenvalue weighted by Crippen LogP contribution is 2.29. The maximum atomic E-state index is 11.3. The number of anilines is 1. The van der Waals surface area contributed by atoms with Gasteiger partial charge in [-0.25, -0.2) is 0 Å². The molecule has 1 saturated heterocycles. The van der Waals surface area contributed by atoms with Crippen molar-refractivity contribution in [3.63, 3.8) is 0 Å². The Morgan fingerprint density at radius 2 is 2.35 bits per heavy atom. The largest absolute Gasteiger partial charge is 0.394 e. The van der Waals surface area contributed by atoms with Crippen molar-refractivity contribution in [2.45, 2.75) is 25.8 Å². The van der Waals surface area contributed by atoms with Crippen molar-refractivity contribution in [3.05, 3.63) is 28.2 Å². The number of aliphatic hydroxyl groups excluding tert-OH is 1. The average Bonchev–Trinajstić information content (AvgIpc) is 2.76. The lowest BCUT2D eigenvalue weighted by Crippen LogP contribution is -2.32. The van der Waals surface area contributed by atoms with E-state index in [1.54, 1.807) is 6.92 Å². The number of Topliss-reactive ketones (excluding diaryl/α,β-unsaturated/α-hetero) is 1. The summed E-state index contributed by atoms with van der Waals surface area (Å²) in [6.07, 6.45) is 2.14. The normalized spacial score (nSPS) is 19.7. The number of carbonyl (C=O) groups excluding carboxylic acids is 1. The van der Waals surface area contributed by atoms with E-state index in [1.807, 2.05) is 18.2 Å². The quantitative estimate of drug-likeness (QED) is 0.872. The number of nitrogens with zero attached hydrogens (tertiary/aromatic N) is 1. The van der Waals surface area contributed by atoms with E-state index < -0.39 is 0 Å². The molecule has 1 N–H and O–H groups in total. The minimum absolute atomic E-state index is 0.0588. The van der Waals surface area contributed by atoms with Gasteiger partial charge >= 0.3 is 0 Å². The summed E-state index contributed by atoms with van der Waals surface area (Å²) in [7, 11) is 0. The highest BCUT2D eigenvalue weighted by atomic mass is 79.9. The van der Waals surface area contributed by atoms with Gasteiger partial charge in [0.1, 0.15) is 0 Å². The van der Waals surface area contributed by atoms with Crippen LogP contribution in [0.5, 0.6) is 0 Å². The fraction of sp³-hybridized carbons (Fsp3) is 0.462. The number of rotatable bonds is 3. The molecule has 1 heterocycles. The first-order chi connectivity index (χ1) is 8.13. The molecule has 0 aromatic heterocycles. The molecule has 3 nitrogen and oxygen atoms in total. The second-order valence-electron chi connectivity index (χ2n) is 4.39. The Morgan fingerprint density at radius 3 is 2.94 bits per heavy atom. The first-order valence-electron chi connectivity index (χ1n) is 5.81. The van der Waals surface area contributed by atoms with Crippen molar-refractivity contribution in [1.29, 1.82) is 0 Å². The van der Waals surface area contributed by atoms with Gasteiger partial charge in [-0.2, -0.15) is 0 Å². The van der Waals surface area contributed by atoms with E-state index in [2.05, 4.69) is 20.8 Å². The van der Waals surface area contributed by atoms with E-state index in [0.29, 0.717) is 5.56 Å². The van der Waals surface area contributed by atoms with Crippen molar-refractivity contribution < 1.29 is 9.90 Å². The zero-order valence-electron chi connectivity index (χ0n) is 9.82. The minimum atomic E-state index is 0.0588. The molecule has 92 valence electrons. The number of hydrogen-bond donors (Lipinski definition) is 1. The number of halogens is 1. The lowest BCUT2D eigenvalue weighted by atomic mass is 10.1. The van der Waals surface area contributed by atoms with Crippen LogP contribution in [-0.2, 0) is 0 Å². The van der Waals surface area contributed by atoms with Crippen LogP contribution in [0.1, 0.15) is 30.1 Å². The SMILES string of the molecule is CC(=O)c1ccc(N2CCCC2CO)cc1Br. The van der Waals surface area contributed by atoms with Crippen molar-refractivity contribution in [2.75, 3.05) is 18.1 Å². The van der Waals surface area contributed by atoms with Gasteiger partial charge in [0.2, 0.25) is 0 Å². The molecule has 0 amide bonds. The Morgan fingerprint density at radius 1 is 1.59 bits per heavy atom. The molecule has 4 heteroatoms. The second kappa shape index (κ2) is 5.19. The Labute approximate surface area is 110 Å². The molecule has 1 aromatic rings. The zero-order chi connectivity index (χ0) is 12.4. The molecule has 1 atom stereocenters. The summed E-state index contributed by atoms with van der Waals surface area (Å²) in [6, 6.07) is 5.97. The van der Waals surface area contributed by atoms with Crippen LogP contribution in [0.2, 0.25) is 0 Å². The molecule has 1 unspecified atom stereocenters. The van der Waals surface area contributed by atoms with Crippen LogP contribution in [0, 0.1) is 0 Å². The summed E-state index contributed by atoms with van der Waals surface area (Å²) < 4.78 is 0.825. The number of ketones is 1. The van der Waals surface area contributed by atoms with E-state index in [4.69, 9.17) is 0 Å². The molecule has 0 spiro atoms. The minimum Gasteiger partial charge on any atom is -0.394 e. The average molecular weight is 298 g/mol. The van der Waals surface area contributed by atoms with Gasteiger partial charge in [-0.05, 0) is 53.9 Å². The predicted octanol–water partition coefficient (Wildman–Crippen LogP) is 2.61. The Kier molecular flexibility index (Phi) is 3.84. The van der Waals surface area contributed by atoms with Crippen molar-refractivity contribution in [1.82, 2.24) is 0 Å². The monoisotopic (exact) mass is 297 g/mol. The van der Waals surface area contributed by atoms with Gasteiger partial charge < -0.3 is 10.0 Å². The summed E-state index contributed by atoms with van der Waals surface area (Å²) in [6.45, 7) is 2.72. The van der Waals surface area contributed by atoms with Gasteiger partial charge in [0.05, 0.1) is 12.6 Å². The molecule has 0 saturated carbocycles. The molecule has 2 rings (SSSR count). The van der Waals surface area contributed by atoms with E-state index in [1.165, 1.54) is 0 Å². The first-order valence-corrected chi connectivity index (χ1v) is 6.60. The third-order valence-electron chi connectivity index (χ3n) is 3.25. The summed E-state index contributed by atoms with van der Waals surface area (Å²) in [5.74, 6) is 0.0588. The van der Waals surface area contributed by atoms with Crippen molar-refractivity contribution >= 4 is 27.4 Å². The van der Waals surface area contributed by atoms with Crippen LogP contribution in [0.3, 0.4) is 0 Å². The molecule has 0 radical (unpaired) electrons. The third kappa shape index (κ3) is 2.53. The molecule has 1 aromatic carbocycles. The molecule has 0 aliphatic carbocycles. The summed E-state index contributed by atoms with van der Waals surface area (Å²) in [5, 5.41) is 9.30. The highest BCUT2D eigenvalue weighted by molar-refractivity contribution is 9.10. The van der Waals surface area contributed by atoms with Crippen LogP contribution < -0.4 is 4.90 Å². The van der Waals surface area contributed by atoms with Gasteiger partial charge in [0.15, 0.2) is 5.78 Å². The van der Waals surface area contributed by atoms with Gasteiger partial charge in [0.25, 0.3) is 0 Å². The van der Waals surface area contributed by atoms with Crippen LogP contribution in [0.15, 0.2) is 22.7 Å². The third-order valence-corrected chi connectivity index (χ3v) is 3.91. The number of benzene rings is 1. The number of carbonyl (C=O) groups is 1. The topological polar surface area (TPSA) is 40.5 Å². The van der Waals surface area contributed by atoms with E-state index >= 15 is 0 Å². The molecular formula is C13H16BrNO2. The predicted molar refractivity (Wildman–Crippen MR) is 71.6 cm³/mol. The van der Waals surface area contributed by atoms with Gasteiger partial charge in [-0.1, -0.05) is 0 Å². The van der Waals surface area contributed by atoms with E-state index in [0.717, 1.165) is 29.5 Å². The van der Waals surface area contributed by atoms with Crippen LogP contribution in [0.4, 0.5) is 5.69 Å². The smallest absolute Gasteiger partial charge is 0.160 e. The van der Waals surface area contributed by atoms with Crippen molar-refractivity contribution in [2.24, 2.45) is 0 Å². The second-order valence-corrected chi connectivity index (χ2v) is 5.25. The summed E-state index contributed by atoms with van der Waals surface area (Å²) >= 11 is 3.43. The van der Waals surface area contributed by atoms with Crippen molar-refractivity contribution in [3.8, 4) is 0 Å². The van der Waals surface area contributed by atoms with Gasteiger partial charge in [-0.3, -0.25) is 4.79 Å². The Balaban J connectivity index is 2.28. The van der Waals surface area contributed by atoms with Crippen LogP contribution in [-0.4, -0.2) is 30.1 Å². The lowest BCUT2D eigenvalue weighted by molar-refractivity contribution is 0.101. The molecule has 17 heavy (non-hydrogen) atoms. The van der Waals surface area contributed by atoms with E-state index in [9.17, 15) is 9.90 Å². The van der Waals surface area contributed by atoms with Gasteiger partial charge in [-0.15, -0.1) is 0 Å². The van der Waals surface area contributed by atoms with Crippen LogP contribution in [0.25, 0.3) is 0 Å².